The molecule has 0 saturated carbocycles. The van der Waals surface area contributed by atoms with Crippen molar-refractivity contribution in [1.82, 2.24) is 15.2 Å². The Morgan fingerprint density at radius 2 is 1.96 bits per heavy atom. The van der Waals surface area contributed by atoms with Crippen molar-refractivity contribution in [3.63, 3.8) is 0 Å². The van der Waals surface area contributed by atoms with Crippen LogP contribution in [-0.4, -0.2) is 42.0 Å². The molecule has 0 radical (unpaired) electrons. The van der Waals surface area contributed by atoms with Crippen LogP contribution in [0.15, 0.2) is 18.2 Å². The fourth-order valence-corrected chi connectivity index (χ4v) is 3.86. The Bertz CT molecular complexity index is 763. The summed E-state index contributed by atoms with van der Waals surface area (Å²) < 4.78 is 0. The van der Waals surface area contributed by atoms with E-state index >= 15 is 0 Å². The van der Waals surface area contributed by atoms with Gasteiger partial charge in [0, 0.05) is 37.3 Å². The van der Waals surface area contributed by atoms with Gasteiger partial charge in [0.1, 0.15) is 0 Å². The van der Waals surface area contributed by atoms with E-state index in [1.165, 1.54) is 12.0 Å². The molecule has 1 N–H and O–H groups in total. The van der Waals surface area contributed by atoms with Crippen molar-refractivity contribution in [1.29, 1.82) is 0 Å². The van der Waals surface area contributed by atoms with E-state index in [1.807, 2.05) is 11.0 Å². The van der Waals surface area contributed by atoms with Crippen LogP contribution < -0.4 is 5.32 Å². The zero-order valence-electron chi connectivity index (χ0n) is 13.7. The number of benzene rings is 1. The second-order valence-corrected chi connectivity index (χ2v) is 6.63. The number of aromatic nitrogens is 1. The first-order valence-corrected chi connectivity index (χ1v) is 8.67. The topological polar surface area (TPSA) is 45.2 Å². The minimum Gasteiger partial charge on any atom is -0.336 e. The SMILES string of the molecule is Cc1cccc2c(C(=O)N3CCNCC3)c3c(nc12)CCCC3. The van der Waals surface area contributed by atoms with Gasteiger partial charge in [0.25, 0.3) is 5.91 Å². The molecular weight excluding hydrogens is 286 g/mol. The predicted octanol–water partition coefficient (Wildman–Crippen LogP) is 2.47. The molecule has 2 aliphatic rings. The van der Waals surface area contributed by atoms with Crippen LogP contribution in [0.25, 0.3) is 10.9 Å². The smallest absolute Gasteiger partial charge is 0.254 e. The van der Waals surface area contributed by atoms with Gasteiger partial charge < -0.3 is 10.2 Å². The average molecular weight is 309 g/mol. The minimum atomic E-state index is 0.197. The summed E-state index contributed by atoms with van der Waals surface area (Å²) in [5.41, 5.74) is 5.45. The van der Waals surface area contributed by atoms with Crippen molar-refractivity contribution >= 4 is 16.8 Å². The first-order chi connectivity index (χ1) is 11.3. The fraction of sp³-hybridized carbons (Fsp3) is 0.474. The van der Waals surface area contributed by atoms with E-state index < -0.39 is 0 Å². The van der Waals surface area contributed by atoms with Gasteiger partial charge in [-0.3, -0.25) is 9.78 Å². The number of nitrogens with one attached hydrogen (secondary N) is 1. The summed E-state index contributed by atoms with van der Waals surface area (Å²) in [5, 5.41) is 4.36. The number of amides is 1. The first-order valence-electron chi connectivity index (χ1n) is 8.67. The molecule has 2 aromatic rings. The van der Waals surface area contributed by atoms with Gasteiger partial charge in [0.2, 0.25) is 0 Å². The summed E-state index contributed by atoms with van der Waals surface area (Å²) in [6, 6.07) is 6.20. The van der Waals surface area contributed by atoms with Crippen LogP contribution in [-0.2, 0) is 12.8 Å². The monoisotopic (exact) mass is 309 g/mol. The average Bonchev–Trinajstić information content (AvgIpc) is 2.61. The lowest BCUT2D eigenvalue weighted by molar-refractivity contribution is 0.0736. The summed E-state index contributed by atoms with van der Waals surface area (Å²) in [6.07, 6.45) is 4.33. The number of carbonyl (C=O) groups is 1. The molecule has 4 heteroatoms. The quantitative estimate of drug-likeness (QED) is 0.880. The lowest BCUT2D eigenvalue weighted by atomic mass is 9.88. The van der Waals surface area contributed by atoms with Gasteiger partial charge >= 0.3 is 0 Å². The number of para-hydroxylation sites is 1. The lowest BCUT2D eigenvalue weighted by Gasteiger charge is -2.30. The highest BCUT2D eigenvalue weighted by Crippen LogP contribution is 2.31. The fourth-order valence-electron chi connectivity index (χ4n) is 3.86. The maximum atomic E-state index is 13.3. The normalized spacial score (nSPS) is 18.0. The van der Waals surface area contributed by atoms with Crippen molar-refractivity contribution in [2.45, 2.75) is 32.6 Å². The highest BCUT2D eigenvalue weighted by molar-refractivity contribution is 6.08. The molecule has 1 aliphatic heterocycles. The maximum absolute atomic E-state index is 13.3. The molecule has 1 aromatic carbocycles. The van der Waals surface area contributed by atoms with Crippen molar-refractivity contribution in [2.24, 2.45) is 0 Å². The molecule has 1 amide bonds. The number of rotatable bonds is 1. The lowest BCUT2D eigenvalue weighted by Crippen LogP contribution is -2.46. The summed E-state index contributed by atoms with van der Waals surface area (Å²) in [6.45, 7) is 5.45. The highest BCUT2D eigenvalue weighted by Gasteiger charge is 2.26. The largest absolute Gasteiger partial charge is 0.336 e. The molecule has 0 atom stereocenters. The molecule has 1 aromatic heterocycles. The van der Waals surface area contributed by atoms with Gasteiger partial charge in [-0.05, 0) is 43.7 Å². The number of carbonyl (C=O) groups excluding carboxylic acids is 1. The highest BCUT2D eigenvalue weighted by atomic mass is 16.2. The zero-order chi connectivity index (χ0) is 15.8. The Kier molecular flexibility index (Phi) is 3.77. The van der Waals surface area contributed by atoms with E-state index in [-0.39, 0.29) is 5.91 Å². The molecule has 23 heavy (non-hydrogen) atoms. The van der Waals surface area contributed by atoms with Crippen LogP contribution in [0.5, 0.6) is 0 Å². The number of piperazine rings is 1. The van der Waals surface area contributed by atoms with Crippen molar-refractivity contribution in [2.75, 3.05) is 26.2 Å². The Morgan fingerprint density at radius 1 is 1.17 bits per heavy atom. The third-order valence-electron chi connectivity index (χ3n) is 5.11. The van der Waals surface area contributed by atoms with Crippen LogP contribution >= 0.6 is 0 Å². The number of hydrogen-bond acceptors (Lipinski definition) is 3. The van der Waals surface area contributed by atoms with Gasteiger partial charge in [-0.25, -0.2) is 0 Å². The molecule has 120 valence electrons. The van der Waals surface area contributed by atoms with Crippen LogP contribution in [0.4, 0.5) is 0 Å². The molecule has 4 rings (SSSR count). The summed E-state index contributed by atoms with van der Waals surface area (Å²) in [4.78, 5) is 20.2. The second kappa shape index (κ2) is 5.93. The summed E-state index contributed by atoms with van der Waals surface area (Å²) in [7, 11) is 0. The Hall–Kier alpha value is -1.94. The van der Waals surface area contributed by atoms with E-state index in [4.69, 9.17) is 4.98 Å². The molecule has 0 unspecified atom stereocenters. The third-order valence-corrected chi connectivity index (χ3v) is 5.11. The van der Waals surface area contributed by atoms with Gasteiger partial charge in [-0.15, -0.1) is 0 Å². The minimum absolute atomic E-state index is 0.197. The van der Waals surface area contributed by atoms with E-state index in [0.717, 1.165) is 73.2 Å². The van der Waals surface area contributed by atoms with Crippen molar-refractivity contribution in [3.05, 3.63) is 40.6 Å². The van der Waals surface area contributed by atoms with Crippen LogP contribution in [0.3, 0.4) is 0 Å². The van der Waals surface area contributed by atoms with Gasteiger partial charge in [-0.2, -0.15) is 0 Å². The molecule has 2 heterocycles. The predicted molar refractivity (Wildman–Crippen MR) is 91.9 cm³/mol. The van der Waals surface area contributed by atoms with Crippen LogP contribution in [0, 0.1) is 6.92 Å². The van der Waals surface area contributed by atoms with Crippen molar-refractivity contribution in [3.8, 4) is 0 Å². The van der Waals surface area contributed by atoms with Gasteiger partial charge in [0.15, 0.2) is 0 Å². The Balaban J connectivity index is 1.92. The number of nitrogens with zero attached hydrogens (tertiary/aromatic N) is 2. The molecule has 0 spiro atoms. The summed E-state index contributed by atoms with van der Waals surface area (Å²) >= 11 is 0. The van der Waals surface area contributed by atoms with E-state index in [1.54, 1.807) is 0 Å². The molecule has 0 bridgehead atoms. The van der Waals surface area contributed by atoms with E-state index in [2.05, 4.69) is 24.4 Å². The number of aryl methyl sites for hydroxylation is 2. The molecular formula is C19H23N3O. The second-order valence-electron chi connectivity index (χ2n) is 6.63. The molecule has 1 saturated heterocycles. The van der Waals surface area contributed by atoms with Crippen LogP contribution in [0.2, 0.25) is 0 Å². The van der Waals surface area contributed by atoms with Gasteiger partial charge in [0.05, 0.1) is 11.1 Å². The van der Waals surface area contributed by atoms with E-state index in [0.29, 0.717) is 0 Å². The molecule has 1 fully saturated rings. The Morgan fingerprint density at radius 3 is 2.78 bits per heavy atom. The standard InChI is InChI=1S/C19H23N3O/c1-13-5-4-7-15-17(19(23)22-11-9-20-10-12-22)14-6-2-3-8-16(14)21-18(13)15/h4-5,7,20H,2-3,6,8-12H2,1H3. The van der Waals surface area contributed by atoms with Gasteiger partial charge in [-0.1, -0.05) is 18.2 Å². The number of pyridine rings is 1. The maximum Gasteiger partial charge on any atom is 0.254 e. The first kappa shape index (κ1) is 14.6. The van der Waals surface area contributed by atoms with E-state index in [9.17, 15) is 4.79 Å². The summed E-state index contributed by atoms with van der Waals surface area (Å²) in [5.74, 6) is 0.197. The zero-order valence-corrected chi connectivity index (χ0v) is 13.7. The van der Waals surface area contributed by atoms with Crippen LogP contribution in [0.1, 0.15) is 40.0 Å². The number of hydrogen-bond donors (Lipinski definition) is 1. The number of fused-ring (bicyclic) bond motifs is 2. The molecule has 4 nitrogen and oxygen atoms in total. The Labute approximate surface area is 136 Å². The third kappa shape index (κ3) is 2.51. The van der Waals surface area contributed by atoms with Crippen molar-refractivity contribution < 1.29 is 4.79 Å². The molecule has 1 aliphatic carbocycles.